The third kappa shape index (κ3) is 4.74. The van der Waals surface area contributed by atoms with Crippen molar-refractivity contribution in [2.45, 2.75) is 30.8 Å². The zero-order valence-electron chi connectivity index (χ0n) is 20.8. The molecule has 0 unspecified atom stereocenters. The van der Waals surface area contributed by atoms with Crippen molar-refractivity contribution in [2.24, 2.45) is 0 Å². The van der Waals surface area contributed by atoms with Crippen LogP contribution in [0.1, 0.15) is 29.2 Å². The van der Waals surface area contributed by atoms with Gasteiger partial charge in [-0.05, 0) is 29.7 Å². The first kappa shape index (κ1) is 25.4. The molecule has 2 atom stereocenters. The number of halogens is 2. The zero-order chi connectivity index (χ0) is 26.6. The van der Waals surface area contributed by atoms with Gasteiger partial charge in [-0.15, -0.1) is 0 Å². The fourth-order valence-corrected chi connectivity index (χ4v) is 4.92. The zero-order valence-corrected chi connectivity index (χ0v) is 20.8. The molecule has 5 rings (SSSR count). The van der Waals surface area contributed by atoms with Gasteiger partial charge in [0, 0.05) is 11.6 Å². The molecule has 0 bridgehead atoms. The summed E-state index contributed by atoms with van der Waals surface area (Å²) in [6.07, 6.45) is 1.74. The molecule has 1 aromatic heterocycles. The minimum Gasteiger partial charge on any atom is -0.380 e. The highest BCUT2D eigenvalue weighted by molar-refractivity contribution is 5.47. The lowest BCUT2D eigenvalue weighted by Crippen LogP contribution is -2.48. The van der Waals surface area contributed by atoms with Crippen molar-refractivity contribution in [3.63, 3.8) is 0 Å². The highest BCUT2D eigenvalue weighted by atomic mass is 19.1. The van der Waals surface area contributed by atoms with Crippen molar-refractivity contribution in [1.82, 2.24) is 14.8 Å². The van der Waals surface area contributed by atoms with Crippen molar-refractivity contribution in [3.05, 3.63) is 156 Å². The first-order valence-electron chi connectivity index (χ1n) is 12.3. The fraction of sp³-hybridized carbons (Fsp3) is 0.161. The minimum atomic E-state index is -1.95. The molecular weight excluding hydrogens is 484 g/mol. The van der Waals surface area contributed by atoms with Gasteiger partial charge in [0.05, 0.1) is 12.6 Å². The molecule has 0 fully saturated rings. The molecule has 0 aliphatic carbocycles. The van der Waals surface area contributed by atoms with Gasteiger partial charge < -0.3 is 9.84 Å². The Bertz CT molecular complexity index is 1370. The standard InChI is InChI=1S/C31H27F2N3O2/c1-23(30(37,20-36-22-34-21-35-36)28-18-17-27(32)19-29(28)33)38-31(24-11-5-2-6-12-24,25-13-7-3-8-14-25)26-15-9-4-10-16-26/h2-19,21-23,37H,20H2,1H3/t23-,30-/m1/s1. The molecule has 0 spiro atoms. The van der Waals surface area contributed by atoms with Gasteiger partial charge in [-0.2, -0.15) is 5.10 Å². The van der Waals surface area contributed by atoms with E-state index in [4.69, 9.17) is 4.74 Å². The van der Waals surface area contributed by atoms with E-state index in [2.05, 4.69) is 10.1 Å². The van der Waals surface area contributed by atoms with Crippen molar-refractivity contribution in [1.29, 1.82) is 0 Å². The summed E-state index contributed by atoms with van der Waals surface area (Å²) in [5.41, 5.74) is -0.749. The van der Waals surface area contributed by atoms with Crippen molar-refractivity contribution in [3.8, 4) is 0 Å². The van der Waals surface area contributed by atoms with Crippen LogP contribution in [0.4, 0.5) is 8.78 Å². The second kappa shape index (κ2) is 10.7. The molecule has 1 heterocycles. The van der Waals surface area contributed by atoms with Crippen LogP contribution >= 0.6 is 0 Å². The van der Waals surface area contributed by atoms with E-state index in [9.17, 15) is 9.50 Å². The summed E-state index contributed by atoms with van der Waals surface area (Å²) in [7, 11) is 0. The van der Waals surface area contributed by atoms with Crippen molar-refractivity contribution >= 4 is 0 Å². The lowest BCUT2D eigenvalue weighted by molar-refractivity contribution is -0.159. The van der Waals surface area contributed by atoms with E-state index in [1.54, 1.807) is 6.92 Å². The molecule has 0 saturated carbocycles. The Morgan fingerprint density at radius 1 is 0.816 bits per heavy atom. The first-order chi connectivity index (χ1) is 18.4. The van der Waals surface area contributed by atoms with Crippen LogP contribution in [0.2, 0.25) is 0 Å². The van der Waals surface area contributed by atoms with Gasteiger partial charge in [-0.3, -0.25) is 0 Å². The Labute approximate surface area is 220 Å². The SMILES string of the molecule is C[C@@H](OC(c1ccccc1)(c1ccccc1)c1ccccc1)[C@](O)(Cn1cncn1)c1ccc(F)cc1F. The molecule has 7 heteroatoms. The van der Waals surface area contributed by atoms with Crippen LogP contribution in [-0.4, -0.2) is 26.0 Å². The normalized spacial score (nSPS) is 14.1. The van der Waals surface area contributed by atoms with E-state index in [0.29, 0.717) is 0 Å². The van der Waals surface area contributed by atoms with Gasteiger partial charge in [-0.1, -0.05) is 97.1 Å². The average molecular weight is 512 g/mol. The maximum Gasteiger partial charge on any atom is 0.144 e. The van der Waals surface area contributed by atoms with Gasteiger partial charge in [-0.25, -0.2) is 18.4 Å². The van der Waals surface area contributed by atoms with E-state index >= 15 is 4.39 Å². The molecule has 0 amide bonds. The second-order valence-corrected chi connectivity index (χ2v) is 9.18. The predicted molar refractivity (Wildman–Crippen MR) is 140 cm³/mol. The smallest absolute Gasteiger partial charge is 0.144 e. The van der Waals surface area contributed by atoms with Crippen LogP contribution in [0.15, 0.2) is 122 Å². The summed E-state index contributed by atoms with van der Waals surface area (Å²) in [5.74, 6) is -1.62. The third-order valence-electron chi connectivity index (χ3n) is 6.83. The van der Waals surface area contributed by atoms with E-state index in [-0.39, 0.29) is 12.1 Å². The van der Waals surface area contributed by atoms with Gasteiger partial charge in [0.2, 0.25) is 0 Å². The van der Waals surface area contributed by atoms with Crippen LogP contribution in [0, 0.1) is 11.6 Å². The minimum absolute atomic E-state index is 0.106. The highest BCUT2D eigenvalue weighted by Crippen LogP contribution is 2.44. The van der Waals surface area contributed by atoms with Gasteiger partial charge in [0.15, 0.2) is 0 Å². The topological polar surface area (TPSA) is 60.2 Å². The van der Waals surface area contributed by atoms with Crippen molar-refractivity contribution < 1.29 is 18.6 Å². The molecule has 0 aliphatic rings. The Kier molecular flexibility index (Phi) is 7.13. The van der Waals surface area contributed by atoms with Gasteiger partial charge in [0.25, 0.3) is 0 Å². The number of rotatable bonds is 9. The molecule has 192 valence electrons. The molecule has 0 radical (unpaired) electrons. The number of hydrogen-bond donors (Lipinski definition) is 1. The Morgan fingerprint density at radius 3 is 1.79 bits per heavy atom. The molecular formula is C31H27F2N3O2. The van der Waals surface area contributed by atoms with E-state index in [1.165, 1.54) is 23.4 Å². The van der Waals surface area contributed by atoms with Crippen LogP contribution in [0.5, 0.6) is 0 Å². The number of ether oxygens (including phenoxy) is 1. The molecule has 38 heavy (non-hydrogen) atoms. The first-order valence-corrected chi connectivity index (χ1v) is 12.3. The van der Waals surface area contributed by atoms with Crippen LogP contribution in [-0.2, 0) is 22.5 Å². The Morgan fingerprint density at radius 2 is 1.34 bits per heavy atom. The number of hydrogen-bond acceptors (Lipinski definition) is 4. The maximum absolute atomic E-state index is 15.2. The summed E-state index contributed by atoms with van der Waals surface area (Å²) >= 11 is 0. The number of benzene rings is 4. The molecule has 0 saturated heterocycles. The van der Waals surface area contributed by atoms with Gasteiger partial charge in [0.1, 0.15) is 35.5 Å². The number of aromatic nitrogens is 3. The summed E-state index contributed by atoms with van der Waals surface area (Å²) in [6.45, 7) is 1.51. The predicted octanol–water partition coefficient (Wildman–Crippen LogP) is 5.84. The van der Waals surface area contributed by atoms with E-state index < -0.39 is 28.9 Å². The van der Waals surface area contributed by atoms with Crippen LogP contribution in [0.25, 0.3) is 0 Å². The number of aliphatic hydroxyl groups is 1. The molecule has 1 N–H and O–H groups in total. The van der Waals surface area contributed by atoms with E-state index in [1.807, 2.05) is 91.0 Å². The monoisotopic (exact) mass is 511 g/mol. The van der Waals surface area contributed by atoms with Crippen LogP contribution in [0.3, 0.4) is 0 Å². The fourth-order valence-electron chi connectivity index (χ4n) is 4.92. The number of nitrogens with zero attached hydrogens (tertiary/aromatic N) is 3. The summed E-state index contributed by atoms with van der Waals surface area (Å²) in [6, 6.07) is 32.2. The molecule has 4 aromatic carbocycles. The average Bonchev–Trinajstić information content (AvgIpc) is 3.45. The lowest BCUT2D eigenvalue weighted by Gasteiger charge is -2.43. The molecule has 0 aliphatic heterocycles. The Balaban J connectivity index is 1.71. The molecule has 5 aromatic rings. The summed E-state index contributed by atoms with van der Waals surface area (Å²) in [5, 5.41) is 16.3. The third-order valence-corrected chi connectivity index (χ3v) is 6.83. The Hall–Kier alpha value is -4.20. The highest BCUT2D eigenvalue weighted by Gasteiger charge is 2.47. The second-order valence-electron chi connectivity index (χ2n) is 9.18. The van der Waals surface area contributed by atoms with E-state index in [0.717, 1.165) is 28.8 Å². The van der Waals surface area contributed by atoms with Gasteiger partial charge >= 0.3 is 0 Å². The van der Waals surface area contributed by atoms with Crippen LogP contribution < -0.4 is 0 Å². The maximum atomic E-state index is 15.2. The summed E-state index contributed by atoms with van der Waals surface area (Å²) < 4.78 is 37.5. The largest absolute Gasteiger partial charge is 0.380 e. The summed E-state index contributed by atoms with van der Waals surface area (Å²) in [4.78, 5) is 3.96. The lowest BCUT2D eigenvalue weighted by atomic mass is 9.79. The molecule has 5 nitrogen and oxygen atoms in total. The van der Waals surface area contributed by atoms with Crippen molar-refractivity contribution in [2.75, 3.05) is 0 Å². The quantitative estimate of drug-likeness (QED) is 0.253.